The summed E-state index contributed by atoms with van der Waals surface area (Å²) < 4.78 is 13.0. The maximum Gasteiger partial charge on any atom is 0.110 e. The molecule has 0 bridgehead atoms. The van der Waals surface area contributed by atoms with Gasteiger partial charge < -0.3 is 30.0 Å². The molecule has 0 saturated heterocycles. The quantitative estimate of drug-likeness (QED) is 0.125. The Morgan fingerprint density at radius 2 is 1.27 bits per heavy atom. The van der Waals surface area contributed by atoms with Crippen molar-refractivity contribution in [2.45, 2.75) is 19.3 Å². The van der Waals surface area contributed by atoms with Gasteiger partial charge in [0.15, 0.2) is 0 Å². The molecule has 100 heavy (non-hydrogen) atoms. The number of aromatic nitrogens is 16. The molecule has 26 heteroatoms. The second kappa shape index (κ2) is 39.9. The second-order valence-electron chi connectivity index (χ2n) is 21.4. The number of pyridine rings is 2. The molecule has 0 saturated carbocycles. The summed E-state index contributed by atoms with van der Waals surface area (Å²) in [7, 11) is 5.78. The Bertz CT molecular complexity index is 4810. The molecule has 0 N–H and O–H groups in total. The number of benzene rings is 5. The first kappa shape index (κ1) is 81.0. The first-order valence-electron chi connectivity index (χ1n) is 29.6. The van der Waals surface area contributed by atoms with E-state index in [0.717, 1.165) is 73.6 Å². The van der Waals surface area contributed by atoms with Gasteiger partial charge in [-0.1, -0.05) is 139 Å². The summed E-state index contributed by atoms with van der Waals surface area (Å²) in [6.45, 7) is 6.63. The molecule has 15 aromatic rings. The Labute approximate surface area is 671 Å². The number of para-hydroxylation sites is 2. The van der Waals surface area contributed by atoms with Crippen LogP contribution in [-0.2, 0) is 148 Å². The number of aryl methyl sites for hydroxylation is 3. The molecule has 1 aliphatic heterocycles. The molecule has 11 heterocycles. The number of hydrogen-bond donors (Lipinski definition) is 0. The molecule has 10 aromatic heterocycles. The van der Waals surface area contributed by atoms with Crippen LogP contribution in [0.1, 0.15) is 25.0 Å². The van der Waals surface area contributed by atoms with Crippen molar-refractivity contribution in [1.82, 2.24) is 78.0 Å². The van der Waals surface area contributed by atoms with E-state index in [-0.39, 0.29) is 127 Å². The molecular formula is C74H59Ir5N18PtS2-7. The van der Waals surface area contributed by atoms with E-state index < -0.39 is 0 Å². The van der Waals surface area contributed by atoms with Crippen LogP contribution in [0.3, 0.4) is 0 Å². The average molecular weight is 2420 g/mol. The van der Waals surface area contributed by atoms with Crippen molar-refractivity contribution in [3.63, 3.8) is 0 Å². The van der Waals surface area contributed by atoms with E-state index in [2.05, 4.69) is 175 Å². The average Bonchev–Trinajstić information content (AvgIpc) is 1.63. The Hall–Kier alpha value is -7.93. The van der Waals surface area contributed by atoms with Crippen LogP contribution in [0.2, 0.25) is 0 Å². The van der Waals surface area contributed by atoms with Crippen molar-refractivity contribution in [3.8, 4) is 79.2 Å². The molecule has 0 fully saturated rings. The molecule has 519 valence electrons. The predicted octanol–water partition coefficient (Wildman–Crippen LogP) is 14.5. The molecule has 17 rings (SSSR count). The van der Waals surface area contributed by atoms with Gasteiger partial charge in [-0.05, 0) is 71.7 Å². The number of imidazole rings is 1. The summed E-state index contributed by atoms with van der Waals surface area (Å²) in [4.78, 5) is 24.4. The monoisotopic (exact) mass is 2420 g/mol. The van der Waals surface area contributed by atoms with Gasteiger partial charge in [-0.2, -0.15) is 21.0 Å². The maximum atomic E-state index is 4.65. The van der Waals surface area contributed by atoms with Crippen LogP contribution in [0.25, 0.3) is 79.2 Å². The zero-order valence-corrected chi connectivity index (χ0v) is 69.6. The van der Waals surface area contributed by atoms with Crippen LogP contribution in [0.5, 0.6) is 0 Å². The summed E-state index contributed by atoms with van der Waals surface area (Å²) in [6, 6.07) is 68.7. The van der Waals surface area contributed by atoms with Crippen molar-refractivity contribution in [2.24, 2.45) is 21.1 Å². The molecule has 5 radical (unpaired) electrons. The number of anilines is 2. The summed E-state index contributed by atoms with van der Waals surface area (Å²) in [5.74, 6) is 2.35. The van der Waals surface area contributed by atoms with Gasteiger partial charge in [-0.25, -0.2) is 16.3 Å². The van der Waals surface area contributed by atoms with Crippen LogP contribution in [-0.4, -0.2) is 78.0 Å². The van der Waals surface area contributed by atoms with Crippen LogP contribution < -0.4 is 9.80 Å². The Balaban J connectivity index is 0.000000191. The fraction of sp³-hybridized carbons (Fsp3) is 0.0811. The molecule has 18 nitrogen and oxygen atoms in total. The van der Waals surface area contributed by atoms with E-state index in [1.807, 2.05) is 185 Å². The third-order valence-corrected chi connectivity index (χ3v) is 16.0. The Kier molecular flexibility index (Phi) is 32.3. The number of nitrogens with zero attached hydrogens (tertiary/aromatic N) is 18. The van der Waals surface area contributed by atoms with Gasteiger partial charge >= 0.3 is 0 Å². The Morgan fingerprint density at radius 3 is 1.92 bits per heavy atom. The van der Waals surface area contributed by atoms with E-state index in [4.69, 9.17) is 0 Å². The summed E-state index contributed by atoms with van der Waals surface area (Å²) in [6.07, 6.45) is 27.9. The minimum atomic E-state index is 0. The fourth-order valence-corrected chi connectivity index (χ4v) is 11.2. The SMILES string of the molecule is Cn1ccc(-c2[c-]cc3c(c2)C(C)(C)c2ccccc2-3)n1.Cn1ccnc1-c1[c-]ccnc1.Cn1cnnc1-c1[c-]nsc1.[Ir].[Ir].[Ir].[Ir].[Ir].[Pt].[c-]1ccc(-c2ccccn2)cc1-c1ccn(-c2ccccc2)n1.[c-]1cncnc1-n1cccn1.[c-]1cscc1N1C=CN(c2ccccc2)[CH-]1. The fourth-order valence-electron chi connectivity index (χ4n) is 10.1. The normalized spacial score (nSPS) is 11.3. The molecule has 0 spiro atoms. The predicted molar refractivity (Wildman–Crippen MR) is 368 cm³/mol. The molecule has 1 aliphatic carbocycles. The van der Waals surface area contributed by atoms with Crippen molar-refractivity contribution in [3.05, 3.63) is 315 Å². The van der Waals surface area contributed by atoms with Gasteiger partial charge in [-0.3, -0.25) is 49.7 Å². The third kappa shape index (κ3) is 20.6. The first-order chi connectivity index (χ1) is 46.1. The zero-order valence-electron chi connectivity index (χ0n) is 53.8. The van der Waals surface area contributed by atoms with Gasteiger partial charge in [0.2, 0.25) is 0 Å². The zero-order chi connectivity index (χ0) is 64.5. The molecule has 2 aliphatic rings. The van der Waals surface area contributed by atoms with Gasteiger partial charge in [0, 0.05) is 203 Å². The topological polar surface area (TPSA) is 173 Å². The third-order valence-electron chi connectivity index (χ3n) is 14.8. The van der Waals surface area contributed by atoms with Gasteiger partial charge in [0.1, 0.15) is 12.7 Å². The first-order valence-corrected chi connectivity index (χ1v) is 31.3. The van der Waals surface area contributed by atoms with E-state index in [9.17, 15) is 0 Å². The van der Waals surface area contributed by atoms with Crippen molar-refractivity contribution < 1.29 is 122 Å². The smallest absolute Gasteiger partial charge is 0.110 e. The largest absolute Gasteiger partial charge is 0.509 e. The van der Waals surface area contributed by atoms with Gasteiger partial charge in [-0.15, -0.1) is 112 Å². The standard InChI is InChI=1S/C20H14N3.C19H17N2.C13H10N2S.C9H8N3.C7H5N4.C6H5N4S.5Ir.Pt/c1-2-9-18(10-3-1)23-14-12-20(22-23)17-8-6-7-16(15-17)19-11-4-5-13-21-19;1-19(2)16-7-5-4-6-14(16)15-9-8-13(12-17(15)19)18-10-11-21(3)20-18;1-2-4-12(5-3-1)14-7-8-15(11-14)13-6-9-16-10-13;1-12-6-5-11-9(12)8-3-2-4-10-7-8;1-3-10-11(5-1)7-2-4-8-6-9-7;1-10-4-7-9-6(10)5-2-8-11-3-5;;;;;;/h1-7,9-15H;4-7,9-12H,1-3H3;1-5,7-11H;2,4-7H,1H3;1,3-6H;3-4H,1H3;;;;;;/q2*-1;-2;3*-1;;;;;;. The minimum Gasteiger partial charge on any atom is -0.509 e. The molecular weight excluding hydrogens is 2360 g/mol. The van der Waals surface area contributed by atoms with Crippen LogP contribution >= 0.6 is 22.9 Å². The van der Waals surface area contributed by atoms with Crippen LogP contribution in [0.4, 0.5) is 11.4 Å². The summed E-state index contributed by atoms with van der Waals surface area (Å²) >= 11 is 3.01. The summed E-state index contributed by atoms with van der Waals surface area (Å²) in [5.41, 5.74) is 16.4. The van der Waals surface area contributed by atoms with Crippen molar-refractivity contribution in [2.75, 3.05) is 9.80 Å². The summed E-state index contributed by atoms with van der Waals surface area (Å²) in [5, 5.41) is 26.7. The Morgan fingerprint density at radius 1 is 0.530 bits per heavy atom. The maximum absolute atomic E-state index is 4.65. The van der Waals surface area contributed by atoms with Crippen LogP contribution in [0.15, 0.2) is 261 Å². The molecule has 0 amide bonds. The number of thiophene rings is 1. The van der Waals surface area contributed by atoms with Gasteiger partial charge in [0.25, 0.3) is 0 Å². The number of fused-ring (bicyclic) bond motifs is 3. The van der Waals surface area contributed by atoms with E-state index in [1.54, 1.807) is 71.8 Å². The van der Waals surface area contributed by atoms with Gasteiger partial charge in [0.05, 0.1) is 23.0 Å². The van der Waals surface area contributed by atoms with E-state index in [1.165, 1.54) is 40.1 Å². The minimum absolute atomic E-state index is 0. The molecule has 0 unspecified atom stereocenters. The second-order valence-corrected chi connectivity index (χ2v) is 22.8. The molecule has 5 aromatic carbocycles. The van der Waals surface area contributed by atoms with Crippen molar-refractivity contribution in [1.29, 1.82) is 0 Å². The van der Waals surface area contributed by atoms with E-state index in [0.29, 0.717) is 5.82 Å². The number of rotatable bonds is 9. The van der Waals surface area contributed by atoms with Crippen molar-refractivity contribution >= 4 is 34.2 Å². The van der Waals surface area contributed by atoms with E-state index >= 15 is 0 Å². The van der Waals surface area contributed by atoms with Crippen LogP contribution in [0, 0.1) is 43.2 Å². The number of hydrogen-bond acceptors (Lipinski definition) is 15. The molecule has 0 atom stereocenters.